The molecule has 84 valence electrons. The number of benzene rings is 1. The highest BCUT2D eigenvalue weighted by atomic mass is 32.1. The normalized spacial score (nSPS) is 8.73. The van der Waals surface area contributed by atoms with Crippen molar-refractivity contribution in [2.75, 3.05) is 7.11 Å². The van der Waals surface area contributed by atoms with Gasteiger partial charge in [-0.25, -0.2) is 0 Å². The monoisotopic (exact) mass is 228 g/mol. The number of ether oxygens (including phenoxy) is 1. The molecule has 0 saturated heterocycles. The summed E-state index contributed by atoms with van der Waals surface area (Å²) in [6.45, 7) is 1.84. The maximum Gasteiger partial charge on any atom is 0.303 e. The van der Waals surface area contributed by atoms with E-state index in [0.717, 1.165) is 17.1 Å². The third kappa shape index (κ3) is 7.88. The molecule has 0 amide bonds. The number of thiol groups is 1. The lowest BCUT2D eigenvalue weighted by Gasteiger charge is -1.96. The third-order valence-electron chi connectivity index (χ3n) is 1.54. The molecule has 0 aliphatic heterocycles. The molecule has 0 fully saturated rings. The molecule has 1 rings (SSSR count). The first-order valence-corrected chi connectivity index (χ1v) is 5.09. The first-order chi connectivity index (χ1) is 7.10. The molecule has 0 heterocycles. The van der Waals surface area contributed by atoms with Gasteiger partial charge in [0.25, 0.3) is 0 Å². The summed E-state index contributed by atoms with van der Waals surface area (Å²) in [6.07, 6.45) is 1.02. The first kappa shape index (κ1) is 13.8. The minimum atomic E-state index is -0.711. The van der Waals surface area contributed by atoms with Crippen LogP contribution in [0.25, 0.3) is 0 Å². The molecule has 1 N–H and O–H groups in total. The van der Waals surface area contributed by atoms with Gasteiger partial charge in [0.15, 0.2) is 0 Å². The Morgan fingerprint density at radius 2 is 1.93 bits per heavy atom. The molecule has 0 aromatic heterocycles. The topological polar surface area (TPSA) is 46.5 Å². The Morgan fingerprint density at radius 1 is 1.40 bits per heavy atom. The van der Waals surface area contributed by atoms with Crippen LogP contribution in [0.1, 0.15) is 19.8 Å². The number of methoxy groups -OCH3 is 1. The lowest BCUT2D eigenvalue weighted by molar-refractivity contribution is -0.137. The first-order valence-electron chi connectivity index (χ1n) is 4.65. The van der Waals surface area contributed by atoms with E-state index in [1.54, 1.807) is 7.11 Å². The van der Waals surface area contributed by atoms with Crippen molar-refractivity contribution in [2.45, 2.75) is 24.7 Å². The van der Waals surface area contributed by atoms with Crippen molar-refractivity contribution in [3.63, 3.8) is 0 Å². The summed E-state index contributed by atoms with van der Waals surface area (Å²) in [5.74, 6) is 0.158. The van der Waals surface area contributed by atoms with Crippen LogP contribution in [0.4, 0.5) is 0 Å². The van der Waals surface area contributed by atoms with Crippen LogP contribution < -0.4 is 4.74 Å². The maximum atomic E-state index is 9.60. The van der Waals surface area contributed by atoms with E-state index in [1.165, 1.54) is 0 Å². The predicted octanol–water partition coefficient (Wildman–Crippen LogP) is 2.86. The molecule has 1 aromatic rings. The average Bonchev–Trinajstić information content (AvgIpc) is 2.20. The van der Waals surface area contributed by atoms with E-state index in [-0.39, 0.29) is 0 Å². The van der Waals surface area contributed by atoms with Crippen molar-refractivity contribution < 1.29 is 14.6 Å². The fourth-order valence-electron chi connectivity index (χ4n) is 0.796. The fourth-order valence-corrected chi connectivity index (χ4v) is 0.945. The molecule has 0 saturated carbocycles. The minimum absolute atomic E-state index is 0.292. The average molecular weight is 228 g/mol. The highest BCUT2D eigenvalue weighted by molar-refractivity contribution is 7.80. The van der Waals surface area contributed by atoms with Gasteiger partial charge in [-0.3, -0.25) is 4.79 Å². The molecular weight excluding hydrogens is 212 g/mol. The molecule has 3 nitrogen and oxygen atoms in total. The largest absolute Gasteiger partial charge is 0.497 e. The number of carboxylic acids is 1. The molecule has 0 radical (unpaired) electrons. The molecule has 4 heteroatoms. The summed E-state index contributed by atoms with van der Waals surface area (Å²) < 4.78 is 4.94. The highest BCUT2D eigenvalue weighted by Crippen LogP contribution is 2.12. The Kier molecular flexibility index (Phi) is 7.54. The second-order valence-corrected chi connectivity index (χ2v) is 3.36. The molecule has 0 unspecified atom stereocenters. The van der Waals surface area contributed by atoms with E-state index in [9.17, 15) is 4.79 Å². The summed E-state index contributed by atoms with van der Waals surface area (Å²) in [5.41, 5.74) is 0. The lowest BCUT2D eigenvalue weighted by Crippen LogP contribution is -1.90. The van der Waals surface area contributed by atoms with Gasteiger partial charge in [0.2, 0.25) is 0 Å². The molecule has 0 spiro atoms. The Morgan fingerprint density at radius 3 is 2.20 bits per heavy atom. The SMILES string of the molecule is CCCC(=O)O.COc1ccc(S)cc1. The van der Waals surface area contributed by atoms with Crippen molar-refractivity contribution >= 4 is 18.6 Å². The van der Waals surface area contributed by atoms with Crippen LogP contribution in [0, 0.1) is 0 Å². The number of hydrogen-bond acceptors (Lipinski definition) is 3. The van der Waals surface area contributed by atoms with Gasteiger partial charge >= 0.3 is 5.97 Å². The zero-order valence-corrected chi connectivity index (χ0v) is 9.83. The molecule has 1 aromatic carbocycles. The van der Waals surface area contributed by atoms with Gasteiger partial charge in [-0.1, -0.05) is 6.92 Å². The van der Waals surface area contributed by atoms with Gasteiger partial charge in [-0.05, 0) is 30.7 Å². The summed E-state index contributed by atoms with van der Waals surface area (Å²) >= 11 is 4.11. The van der Waals surface area contributed by atoms with E-state index in [2.05, 4.69) is 12.6 Å². The van der Waals surface area contributed by atoms with Crippen LogP contribution in [0.2, 0.25) is 0 Å². The van der Waals surface area contributed by atoms with Crippen LogP contribution in [0.15, 0.2) is 29.2 Å². The molecule has 0 atom stereocenters. The standard InChI is InChI=1S/C7H8OS.C4H8O2/c1-8-6-2-4-7(9)5-3-6;1-2-3-4(5)6/h2-5,9H,1H3;2-3H2,1H3,(H,5,6). The van der Waals surface area contributed by atoms with E-state index >= 15 is 0 Å². The highest BCUT2D eigenvalue weighted by Gasteiger charge is 1.87. The van der Waals surface area contributed by atoms with E-state index in [1.807, 2.05) is 31.2 Å². The van der Waals surface area contributed by atoms with Crippen LogP contribution in [-0.2, 0) is 4.79 Å². The predicted molar refractivity (Wildman–Crippen MR) is 62.8 cm³/mol. The van der Waals surface area contributed by atoms with Crippen molar-refractivity contribution in [1.82, 2.24) is 0 Å². The zero-order valence-electron chi connectivity index (χ0n) is 8.93. The minimum Gasteiger partial charge on any atom is -0.497 e. The van der Waals surface area contributed by atoms with Crippen molar-refractivity contribution in [1.29, 1.82) is 0 Å². The van der Waals surface area contributed by atoms with E-state index < -0.39 is 5.97 Å². The molecular formula is C11H16O3S. The van der Waals surface area contributed by atoms with Gasteiger partial charge in [-0.15, -0.1) is 12.6 Å². The summed E-state index contributed by atoms with van der Waals surface area (Å²) in [6, 6.07) is 7.54. The van der Waals surface area contributed by atoms with E-state index in [4.69, 9.17) is 9.84 Å². The Bertz CT molecular complexity index is 282. The summed E-state index contributed by atoms with van der Waals surface area (Å²) in [5, 5.41) is 7.91. The van der Waals surface area contributed by atoms with Gasteiger partial charge < -0.3 is 9.84 Å². The molecule has 0 bridgehead atoms. The number of aliphatic carboxylic acids is 1. The Labute approximate surface area is 95.5 Å². The molecule has 15 heavy (non-hydrogen) atoms. The van der Waals surface area contributed by atoms with Crippen molar-refractivity contribution in [2.24, 2.45) is 0 Å². The molecule has 0 aliphatic carbocycles. The second-order valence-electron chi connectivity index (χ2n) is 2.84. The van der Waals surface area contributed by atoms with Crippen LogP contribution in [-0.4, -0.2) is 18.2 Å². The van der Waals surface area contributed by atoms with Gasteiger partial charge in [0, 0.05) is 11.3 Å². The van der Waals surface area contributed by atoms with E-state index in [0.29, 0.717) is 6.42 Å². The van der Waals surface area contributed by atoms with Gasteiger partial charge in [0.1, 0.15) is 5.75 Å². The Balaban J connectivity index is 0.000000288. The van der Waals surface area contributed by atoms with Crippen LogP contribution in [0.5, 0.6) is 5.75 Å². The van der Waals surface area contributed by atoms with Crippen LogP contribution >= 0.6 is 12.6 Å². The molecule has 0 aliphatic rings. The van der Waals surface area contributed by atoms with Crippen LogP contribution in [0.3, 0.4) is 0 Å². The third-order valence-corrected chi connectivity index (χ3v) is 1.83. The fraction of sp³-hybridized carbons (Fsp3) is 0.364. The summed E-state index contributed by atoms with van der Waals surface area (Å²) in [7, 11) is 1.65. The second kappa shape index (κ2) is 8.17. The maximum absolute atomic E-state index is 9.60. The van der Waals surface area contributed by atoms with Crippen molar-refractivity contribution in [3.05, 3.63) is 24.3 Å². The zero-order chi connectivity index (χ0) is 11.7. The lowest BCUT2D eigenvalue weighted by atomic mass is 10.3. The number of hydrogen-bond donors (Lipinski definition) is 2. The number of rotatable bonds is 3. The van der Waals surface area contributed by atoms with Gasteiger partial charge in [0.05, 0.1) is 7.11 Å². The summed E-state index contributed by atoms with van der Waals surface area (Å²) in [4.78, 5) is 10.6. The Hall–Kier alpha value is -1.16. The van der Waals surface area contributed by atoms with Gasteiger partial charge in [-0.2, -0.15) is 0 Å². The number of carbonyl (C=O) groups is 1. The van der Waals surface area contributed by atoms with Crippen molar-refractivity contribution in [3.8, 4) is 5.75 Å². The quantitative estimate of drug-likeness (QED) is 0.782. The smallest absolute Gasteiger partial charge is 0.303 e. The number of carboxylic acid groups (broad SMARTS) is 1.